The third-order valence-electron chi connectivity index (χ3n) is 8.32. The summed E-state index contributed by atoms with van der Waals surface area (Å²) in [5.41, 5.74) is 9.57. The van der Waals surface area contributed by atoms with E-state index >= 15 is 0 Å². The molecule has 2 unspecified atom stereocenters. The molecule has 2 aromatic carbocycles. The smallest absolute Gasteiger partial charge is 0.325 e. The molecule has 0 radical (unpaired) electrons. The molecule has 0 aliphatic carbocycles. The average Bonchev–Trinajstić information content (AvgIpc) is 3.43. The Hall–Kier alpha value is -3.76. The van der Waals surface area contributed by atoms with Gasteiger partial charge in [0.25, 0.3) is 0 Å². The zero-order chi connectivity index (χ0) is 32.0. The highest BCUT2D eigenvalue weighted by Gasteiger charge is 2.23. The van der Waals surface area contributed by atoms with Gasteiger partial charge in [0.2, 0.25) is 0 Å². The summed E-state index contributed by atoms with van der Waals surface area (Å²) in [4.78, 5) is 30.0. The molecule has 1 aromatic heterocycles. The largest absolute Gasteiger partial charge is 0.392 e. The van der Waals surface area contributed by atoms with Crippen LogP contribution in [0.1, 0.15) is 61.9 Å². The first-order valence-corrected chi connectivity index (χ1v) is 15.4. The van der Waals surface area contributed by atoms with Crippen LogP contribution in [0, 0.1) is 0 Å². The first kappa shape index (κ1) is 33.1. The van der Waals surface area contributed by atoms with Gasteiger partial charge in [0, 0.05) is 48.7 Å². The summed E-state index contributed by atoms with van der Waals surface area (Å²) in [7, 11) is 1.59. The Morgan fingerprint density at radius 2 is 1.84 bits per heavy atom. The highest BCUT2D eigenvalue weighted by molar-refractivity contribution is 6.01. The van der Waals surface area contributed by atoms with Crippen molar-refractivity contribution in [3.8, 4) is 0 Å². The number of Topliss-reactive ketones (excluding diaryl/α,β-unsaturated/α-hetero) is 1. The van der Waals surface area contributed by atoms with Gasteiger partial charge in [-0.2, -0.15) is 0 Å². The maximum Gasteiger partial charge on any atom is 0.325 e. The van der Waals surface area contributed by atoms with Crippen LogP contribution >= 0.6 is 0 Å². The van der Waals surface area contributed by atoms with Gasteiger partial charge in [-0.05, 0) is 101 Å². The normalized spacial score (nSPS) is 16.5. The van der Waals surface area contributed by atoms with E-state index in [9.17, 15) is 19.8 Å². The number of likely N-dealkylation sites (tertiary alicyclic amines) is 1. The highest BCUT2D eigenvalue weighted by Crippen LogP contribution is 2.30. The summed E-state index contributed by atoms with van der Waals surface area (Å²) >= 11 is 0. The zero-order valence-corrected chi connectivity index (χ0v) is 26.4. The van der Waals surface area contributed by atoms with E-state index in [0.29, 0.717) is 36.7 Å². The number of aliphatic hydroxyl groups excluding tert-OH is 1. The average molecular weight is 602 g/mol. The van der Waals surface area contributed by atoms with E-state index in [0.717, 1.165) is 42.5 Å². The van der Waals surface area contributed by atoms with Crippen LogP contribution in [0.3, 0.4) is 0 Å². The second-order valence-corrected chi connectivity index (χ2v) is 12.4. The first-order chi connectivity index (χ1) is 20.9. The molecular weight excluding hydrogens is 554 g/mol. The van der Waals surface area contributed by atoms with Crippen LogP contribution in [0.4, 0.5) is 10.5 Å². The molecule has 0 saturated carbocycles. The molecule has 1 aliphatic heterocycles. The molecule has 9 heteroatoms. The summed E-state index contributed by atoms with van der Waals surface area (Å²) in [6.07, 6.45) is 7.28. The lowest BCUT2D eigenvalue weighted by molar-refractivity contribution is 0.0735. The van der Waals surface area contributed by atoms with Crippen LogP contribution in [0.15, 0.2) is 79.2 Å². The molecule has 0 bridgehead atoms. The number of hydrogen-bond donors (Lipinski definition) is 4. The van der Waals surface area contributed by atoms with E-state index in [-0.39, 0.29) is 17.9 Å². The van der Waals surface area contributed by atoms with E-state index in [1.165, 1.54) is 5.56 Å². The molecule has 1 fully saturated rings. The van der Waals surface area contributed by atoms with Crippen molar-refractivity contribution in [2.75, 3.05) is 38.1 Å². The number of rotatable bonds is 12. The van der Waals surface area contributed by atoms with Crippen molar-refractivity contribution in [1.82, 2.24) is 14.8 Å². The van der Waals surface area contributed by atoms with Crippen LogP contribution in [-0.2, 0) is 0 Å². The number of amides is 1. The third kappa shape index (κ3) is 8.24. The van der Waals surface area contributed by atoms with Crippen molar-refractivity contribution in [2.24, 2.45) is 5.73 Å². The van der Waals surface area contributed by atoms with Crippen LogP contribution in [0.5, 0.6) is 0 Å². The van der Waals surface area contributed by atoms with Gasteiger partial charge in [-0.25, -0.2) is 4.79 Å². The number of nitrogens with one attached hydrogen (secondary N) is 1. The number of carbonyl (C=O) groups is 2. The van der Waals surface area contributed by atoms with Gasteiger partial charge in [-0.15, -0.1) is 0 Å². The molecule has 1 aliphatic rings. The Morgan fingerprint density at radius 3 is 2.43 bits per heavy atom. The standard InChI is InChI=1S/C35H47N5O4/c1-6-29(39(20-16-35(3,4)44)30-11-12-32-28(21-30)15-19-40(32)34(43)37-5)22-31(36)33(42)27-9-7-25(8-10-27)26-13-17-38(18-14-26)23-24(2)41/h6-12,15,19,21-22,24,26,31,41,44H,1,13-14,16-18,20,23,36H2,2-5H3,(H,37,43)/b29-22+. The number of carbonyl (C=O) groups excluding carboxylic acids is 2. The van der Waals surface area contributed by atoms with Crippen LogP contribution in [0.2, 0.25) is 0 Å². The number of aliphatic hydroxyl groups is 2. The number of ketones is 1. The minimum atomic E-state index is -0.912. The monoisotopic (exact) mass is 601 g/mol. The number of fused-ring (bicyclic) bond motifs is 1. The van der Waals surface area contributed by atoms with E-state index in [1.54, 1.807) is 43.8 Å². The lowest BCUT2D eigenvalue weighted by Gasteiger charge is -2.32. The Bertz CT molecular complexity index is 1480. The van der Waals surface area contributed by atoms with Gasteiger partial charge >= 0.3 is 6.03 Å². The molecule has 44 heavy (non-hydrogen) atoms. The molecule has 5 N–H and O–H groups in total. The van der Waals surface area contributed by atoms with Gasteiger partial charge in [0.1, 0.15) is 0 Å². The number of hydrogen-bond acceptors (Lipinski definition) is 7. The second kappa shape index (κ2) is 14.3. The van der Waals surface area contributed by atoms with Crippen LogP contribution < -0.4 is 16.0 Å². The van der Waals surface area contributed by atoms with Crippen molar-refractivity contribution >= 4 is 28.4 Å². The second-order valence-electron chi connectivity index (χ2n) is 12.4. The number of anilines is 1. The van der Waals surface area contributed by atoms with Gasteiger partial charge in [0.15, 0.2) is 5.78 Å². The fourth-order valence-corrected chi connectivity index (χ4v) is 5.85. The van der Waals surface area contributed by atoms with Crippen LogP contribution in [0.25, 0.3) is 10.9 Å². The van der Waals surface area contributed by atoms with E-state index < -0.39 is 11.6 Å². The van der Waals surface area contributed by atoms with E-state index in [4.69, 9.17) is 5.73 Å². The molecule has 1 amide bonds. The summed E-state index contributed by atoms with van der Waals surface area (Å²) in [5.74, 6) is 0.239. The van der Waals surface area contributed by atoms with Crippen molar-refractivity contribution in [3.05, 3.63) is 90.3 Å². The number of piperidine rings is 1. The Morgan fingerprint density at radius 1 is 1.16 bits per heavy atom. The van der Waals surface area contributed by atoms with Gasteiger partial charge in [0.05, 0.1) is 23.3 Å². The maximum atomic E-state index is 13.4. The zero-order valence-electron chi connectivity index (χ0n) is 26.4. The lowest BCUT2D eigenvalue weighted by atomic mass is 9.88. The predicted octanol–water partition coefficient (Wildman–Crippen LogP) is 4.64. The fourth-order valence-electron chi connectivity index (χ4n) is 5.85. The quantitative estimate of drug-likeness (QED) is 0.176. The number of allylic oxidation sites excluding steroid dienone is 1. The minimum Gasteiger partial charge on any atom is -0.392 e. The summed E-state index contributed by atoms with van der Waals surface area (Å²) in [6.45, 7) is 12.4. The SMILES string of the molecule is C=C/C(=C\C(N)C(=O)c1ccc(C2CCN(CC(C)O)CC2)cc1)N(CCC(C)(C)O)c1ccc2c(ccn2C(=O)NC)c1. The lowest BCUT2D eigenvalue weighted by Crippen LogP contribution is -2.37. The summed E-state index contributed by atoms with van der Waals surface area (Å²) in [6, 6.07) is 14.3. The molecule has 1 saturated heterocycles. The molecule has 236 valence electrons. The Labute approximate surface area is 260 Å². The van der Waals surface area contributed by atoms with Crippen LogP contribution in [-0.4, -0.2) is 82.5 Å². The number of β-amino-alcohol motifs (C(OH)–C–C–N with tert-alkyl or cyclic N) is 1. The van der Waals surface area contributed by atoms with Crippen molar-refractivity contribution < 1.29 is 19.8 Å². The molecule has 3 aromatic rings. The summed E-state index contributed by atoms with van der Waals surface area (Å²) < 4.78 is 1.55. The van der Waals surface area contributed by atoms with Gasteiger partial charge < -0.3 is 31.1 Å². The molecular formula is C35H47N5O4. The third-order valence-corrected chi connectivity index (χ3v) is 8.32. The molecule has 0 spiro atoms. The van der Waals surface area contributed by atoms with Crippen molar-refractivity contribution in [2.45, 2.75) is 63.7 Å². The first-order valence-electron chi connectivity index (χ1n) is 15.4. The van der Waals surface area contributed by atoms with Crippen molar-refractivity contribution in [3.63, 3.8) is 0 Å². The topological polar surface area (TPSA) is 124 Å². The van der Waals surface area contributed by atoms with Gasteiger partial charge in [-0.1, -0.05) is 30.8 Å². The number of nitrogens with zero attached hydrogens (tertiary/aromatic N) is 3. The highest BCUT2D eigenvalue weighted by atomic mass is 16.3. The minimum absolute atomic E-state index is 0.191. The predicted molar refractivity (Wildman–Crippen MR) is 177 cm³/mol. The Kier molecular flexibility index (Phi) is 10.8. The van der Waals surface area contributed by atoms with E-state index in [2.05, 4.69) is 16.8 Å². The molecule has 4 rings (SSSR count). The molecule has 9 nitrogen and oxygen atoms in total. The number of nitrogens with two attached hydrogens (primary N) is 1. The summed E-state index contributed by atoms with van der Waals surface area (Å²) in [5, 5.41) is 23.7. The number of benzene rings is 2. The van der Waals surface area contributed by atoms with Gasteiger partial charge in [-0.3, -0.25) is 9.36 Å². The maximum absolute atomic E-state index is 13.4. The number of aromatic nitrogens is 1. The fraction of sp³-hybridized carbons (Fsp3) is 0.429. The van der Waals surface area contributed by atoms with Crippen molar-refractivity contribution in [1.29, 1.82) is 0 Å². The Balaban J connectivity index is 1.53. The van der Waals surface area contributed by atoms with E-state index in [1.807, 2.05) is 60.4 Å². The molecule has 2 heterocycles. The molecule has 2 atom stereocenters.